The van der Waals surface area contributed by atoms with Crippen molar-refractivity contribution in [3.05, 3.63) is 23.5 Å². The molecule has 1 saturated heterocycles. The second-order valence-electron chi connectivity index (χ2n) is 5.61. The summed E-state index contributed by atoms with van der Waals surface area (Å²) < 4.78 is 0. The van der Waals surface area contributed by atoms with E-state index in [1.807, 2.05) is 0 Å². The third kappa shape index (κ3) is 4.53. The highest BCUT2D eigenvalue weighted by atomic mass is 16.2. The van der Waals surface area contributed by atoms with Gasteiger partial charge in [0.15, 0.2) is 0 Å². The smallest absolute Gasteiger partial charge is 0.270 e. The lowest BCUT2D eigenvalue weighted by Crippen LogP contribution is -2.43. The predicted molar refractivity (Wildman–Crippen MR) is 81.3 cm³/mol. The molecule has 0 spiro atoms. The minimum absolute atomic E-state index is 0.165. The second-order valence-corrected chi connectivity index (χ2v) is 5.61. The van der Waals surface area contributed by atoms with Gasteiger partial charge in [-0.3, -0.25) is 9.59 Å². The Labute approximate surface area is 124 Å². The number of rotatable bonds is 3. The maximum atomic E-state index is 12.3. The number of hydrogen-bond donors (Lipinski definition) is 2. The van der Waals surface area contributed by atoms with E-state index < -0.39 is 0 Å². The van der Waals surface area contributed by atoms with Gasteiger partial charge in [-0.15, -0.1) is 0 Å². The summed E-state index contributed by atoms with van der Waals surface area (Å²) in [4.78, 5) is 29.9. The predicted octanol–water partition coefficient (Wildman–Crippen LogP) is 1.17. The number of nitrogens with one attached hydrogen (secondary N) is 2. The fraction of sp³-hybridized carbons (Fsp3) is 0.533. The van der Waals surface area contributed by atoms with Crippen LogP contribution in [0.25, 0.3) is 0 Å². The molecule has 6 heteroatoms. The molecule has 2 heterocycles. The molecule has 1 aliphatic rings. The summed E-state index contributed by atoms with van der Waals surface area (Å²) in [6.45, 7) is 5.22. The van der Waals surface area contributed by atoms with E-state index in [-0.39, 0.29) is 17.9 Å². The van der Waals surface area contributed by atoms with Crippen LogP contribution in [0.2, 0.25) is 0 Å². The van der Waals surface area contributed by atoms with Gasteiger partial charge in [0.2, 0.25) is 5.91 Å². The van der Waals surface area contributed by atoms with Crippen LogP contribution in [-0.2, 0) is 4.79 Å². The van der Waals surface area contributed by atoms with Crippen LogP contribution in [0.5, 0.6) is 0 Å². The van der Waals surface area contributed by atoms with E-state index >= 15 is 0 Å². The maximum absolute atomic E-state index is 12.3. The van der Waals surface area contributed by atoms with E-state index in [4.69, 9.17) is 0 Å². The number of aromatic nitrogens is 1. The lowest BCUT2D eigenvalue weighted by atomic mass is 10.1. The summed E-state index contributed by atoms with van der Waals surface area (Å²) >= 11 is 0. The summed E-state index contributed by atoms with van der Waals surface area (Å²) in [7, 11) is 2.08. The van der Waals surface area contributed by atoms with Gasteiger partial charge in [-0.2, -0.15) is 0 Å². The molecular formula is C15H22N4O2. The molecule has 0 aromatic carbocycles. The molecule has 2 amide bonds. The van der Waals surface area contributed by atoms with Crippen LogP contribution in [-0.4, -0.2) is 47.9 Å². The van der Waals surface area contributed by atoms with Gasteiger partial charge < -0.3 is 15.5 Å². The van der Waals surface area contributed by atoms with E-state index in [0.29, 0.717) is 17.1 Å². The van der Waals surface area contributed by atoms with Crippen LogP contribution in [0.1, 0.15) is 35.9 Å². The maximum Gasteiger partial charge on any atom is 0.270 e. The number of amides is 2. The van der Waals surface area contributed by atoms with Crippen molar-refractivity contribution in [1.29, 1.82) is 0 Å². The van der Waals surface area contributed by atoms with Crippen molar-refractivity contribution in [1.82, 2.24) is 15.2 Å². The van der Waals surface area contributed by atoms with Crippen molar-refractivity contribution in [2.45, 2.75) is 32.7 Å². The summed E-state index contributed by atoms with van der Waals surface area (Å²) in [6.07, 6.45) is 1.90. The van der Waals surface area contributed by atoms with E-state index in [2.05, 4.69) is 27.6 Å². The normalized spacial score (nSPS) is 16.5. The summed E-state index contributed by atoms with van der Waals surface area (Å²) in [5.41, 5.74) is 1.65. The topological polar surface area (TPSA) is 74.3 Å². The highest BCUT2D eigenvalue weighted by molar-refractivity contribution is 5.95. The summed E-state index contributed by atoms with van der Waals surface area (Å²) in [6, 6.07) is 3.55. The van der Waals surface area contributed by atoms with E-state index in [1.54, 1.807) is 19.1 Å². The molecule has 0 bridgehead atoms. The molecule has 0 radical (unpaired) electrons. The number of aryl methyl sites for hydroxylation is 1. The molecule has 1 fully saturated rings. The van der Waals surface area contributed by atoms with E-state index in [1.165, 1.54) is 6.92 Å². The average Bonchev–Trinajstić information content (AvgIpc) is 2.40. The van der Waals surface area contributed by atoms with Crippen molar-refractivity contribution in [2.75, 3.05) is 25.5 Å². The Bertz CT molecular complexity index is 536. The lowest BCUT2D eigenvalue weighted by molar-refractivity contribution is -0.114. The van der Waals surface area contributed by atoms with Crippen molar-refractivity contribution < 1.29 is 9.59 Å². The van der Waals surface area contributed by atoms with Crippen molar-refractivity contribution >= 4 is 17.5 Å². The van der Waals surface area contributed by atoms with Gasteiger partial charge in [0.25, 0.3) is 5.91 Å². The molecule has 6 nitrogen and oxygen atoms in total. The first kappa shape index (κ1) is 15.4. The molecule has 114 valence electrons. The van der Waals surface area contributed by atoms with Crippen molar-refractivity contribution in [3.63, 3.8) is 0 Å². The zero-order valence-corrected chi connectivity index (χ0v) is 12.8. The first-order valence-corrected chi connectivity index (χ1v) is 7.20. The molecule has 1 aliphatic heterocycles. The van der Waals surface area contributed by atoms with Crippen LogP contribution in [0.3, 0.4) is 0 Å². The fourth-order valence-electron chi connectivity index (χ4n) is 2.47. The molecule has 0 atom stereocenters. The molecule has 0 unspecified atom stereocenters. The van der Waals surface area contributed by atoms with Gasteiger partial charge in [-0.05, 0) is 52.0 Å². The average molecular weight is 290 g/mol. The monoisotopic (exact) mass is 290 g/mol. The third-order valence-corrected chi connectivity index (χ3v) is 3.56. The first-order chi connectivity index (χ1) is 9.94. The third-order valence-electron chi connectivity index (χ3n) is 3.56. The lowest BCUT2D eigenvalue weighted by Gasteiger charge is -2.29. The number of anilines is 1. The van der Waals surface area contributed by atoms with Gasteiger partial charge in [0, 0.05) is 24.3 Å². The number of pyridine rings is 1. The van der Waals surface area contributed by atoms with Crippen LogP contribution in [0.15, 0.2) is 12.1 Å². The standard InChI is InChI=1S/C15H22N4O2/c1-10-8-13(17-11(2)20)9-14(16-10)15(21)18-12-4-6-19(3)7-5-12/h8-9,12H,4-7H2,1-3H3,(H,18,21)(H,16,17,20). The van der Waals surface area contributed by atoms with Crippen molar-refractivity contribution in [3.8, 4) is 0 Å². The highest BCUT2D eigenvalue weighted by Gasteiger charge is 2.20. The SMILES string of the molecule is CC(=O)Nc1cc(C)nc(C(=O)NC2CCN(C)CC2)c1. The number of carbonyl (C=O) groups is 2. The van der Waals surface area contributed by atoms with Gasteiger partial charge in [0.1, 0.15) is 5.69 Å². The Kier molecular flexibility index (Phi) is 4.90. The summed E-state index contributed by atoms with van der Waals surface area (Å²) in [5.74, 6) is -0.345. The zero-order chi connectivity index (χ0) is 15.4. The van der Waals surface area contributed by atoms with Gasteiger partial charge in [0.05, 0.1) is 0 Å². The molecule has 1 aromatic heterocycles. The molecule has 2 N–H and O–H groups in total. The number of carbonyl (C=O) groups excluding carboxylic acids is 2. The van der Waals surface area contributed by atoms with Crippen LogP contribution in [0.4, 0.5) is 5.69 Å². The second kappa shape index (κ2) is 6.67. The van der Waals surface area contributed by atoms with E-state index in [9.17, 15) is 9.59 Å². The molecule has 0 saturated carbocycles. The Morgan fingerprint density at radius 2 is 1.95 bits per heavy atom. The van der Waals surface area contributed by atoms with Gasteiger partial charge >= 0.3 is 0 Å². The van der Waals surface area contributed by atoms with Gasteiger partial charge in [-0.25, -0.2) is 4.98 Å². The first-order valence-electron chi connectivity index (χ1n) is 7.20. The Morgan fingerprint density at radius 1 is 1.29 bits per heavy atom. The minimum Gasteiger partial charge on any atom is -0.348 e. The highest BCUT2D eigenvalue weighted by Crippen LogP contribution is 2.13. The van der Waals surface area contributed by atoms with Crippen LogP contribution in [0, 0.1) is 6.92 Å². The van der Waals surface area contributed by atoms with Crippen LogP contribution >= 0.6 is 0 Å². The quantitative estimate of drug-likeness (QED) is 0.876. The Morgan fingerprint density at radius 3 is 2.57 bits per heavy atom. The Hall–Kier alpha value is -1.95. The van der Waals surface area contributed by atoms with Crippen LogP contribution < -0.4 is 10.6 Å². The molecule has 21 heavy (non-hydrogen) atoms. The number of piperidine rings is 1. The molecular weight excluding hydrogens is 268 g/mol. The van der Waals surface area contributed by atoms with Gasteiger partial charge in [-0.1, -0.05) is 0 Å². The fourth-order valence-corrected chi connectivity index (χ4v) is 2.47. The largest absolute Gasteiger partial charge is 0.348 e. The number of nitrogens with zero attached hydrogens (tertiary/aromatic N) is 2. The Balaban J connectivity index is 2.04. The van der Waals surface area contributed by atoms with Crippen molar-refractivity contribution in [2.24, 2.45) is 0 Å². The minimum atomic E-state index is -0.181. The molecule has 2 rings (SSSR count). The number of hydrogen-bond acceptors (Lipinski definition) is 4. The molecule has 1 aromatic rings. The number of likely N-dealkylation sites (tertiary alicyclic amines) is 1. The van der Waals surface area contributed by atoms with E-state index in [0.717, 1.165) is 25.9 Å². The summed E-state index contributed by atoms with van der Waals surface area (Å²) in [5, 5.41) is 5.71. The zero-order valence-electron chi connectivity index (χ0n) is 12.8. The molecule has 0 aliphatic carbocycles.